The van der Waals surface area contributed by atoms with Crippen molar-refractivity contribution in [3.8, 4) is 50.2 Å². The summed E-state index contributed by atoms with van der Waals surface area (Å²) < 4.78 is 2.37. The van der Waals surface area contributed by atoms with E-state index in [1.165, 1.54) is 72.0 Å². The topological polar surface area (TPSA) is 8.17 Å². The van der Waals surface area contributed by atoms with Crippen LogP contribution in [0.4, 0.5) is 17.1 Å². The van der Waals surface area contributed by atoms with Crippen LogP contribution < -0.4 is 4.90 Å². The third-order valence-corrected chi connectivity index (χ3v) is 10.8. The Labute approximate surface area is 327 Å². The van der Waals surface area contributed by atoms with E-state index in [9.17, 15) is 0 Å². The lowest BCUT2D eigenvalue weighted by Crippen LogP contribution is -2.11. The van der Waals surface area contributed by atoms with E-state index in [4.69, 9.17) is 0 Å². The third kappa shape index (κ3) is 6.14. The zero-order valence-corrected chi connectivity index (χ0v) is 30.8. The maximum Gasteiger partial charge on any atom is 0.0541 e. The Balaban J connectivity index is 1.03. The molecule has 10 rings (SSSR count). The molecule has 9 aromatic carbocycles. The molecule has 0 aliphatic heterocycles. The fraction of sp³-hybridized carbons (Fsp3) is 0. The van der Waals surface area contributed by atoms with Gasteiger partial charge in [-0.05, 0) is 99.6 Å². The molecule has 1 heterocycles. The molecular formula is C54H38N2. The highest BCUT2D eigenvalue weighted by molar-refractivity contribution is 6.10. The van der Waals surface area contributed by atoms with Gasteiger partial charge in [-0.2, -0.15) is 0 Å². The van der Waals surface area contributed by atoms with Gasteiger partial charge in [0.25, 0.3) is 0 Å². The molecule has 0 aliphatic rings. The highest BCUT2D eigenvalue weighted by Gasteiger charge is 2.18. The maximum absolute atomic E-state index is 2.38. The highest BCUT2D eigenvalue weighted by Crippen LogP contribution is 2.42. The van der Waals surface area contributed by atoms with Crippen molar-refractivity contribution in [3.05, 3.63) is 231 Å². The van der Waals surface area contributed by atoms with E-state index in [0.717, 1.165) is 17.1 Å². The molecule has 2 nitrogen and oxygen atoms in total. The van der Waals surface area contributed by atoms with Gasteiger partial charge in [0.1, 0.15) is 0 Å². The average Bonchev–Trinajstić information content (AvgIpc) is 3.62. The van der Waals surface area contributed by atoms with Crippen LogP contribution in [0.2, 0.25) is 0 Å². The molecule has 0 saturated carbocycles. The summed E-state index contributed by atoms with van der Waals surface area (Å²) in [6.07, 6.45) is 0. The van der Waals surface area contributed by atoms with Crippen molar-refractivity contribution in [2.24, 2.45) is 0 Å². The number of hydrogen-bond donors (Lipinski definition) is 0. The molecule has 2 heteroatoms. The van der Waals surface area contributed by atoms with Gasteiger partial charge in [0, 0.05) is 33.4 Å². The second-order valence-corrected chi connectivity index (χ2v) is 14.2. The lowest BCUT2D eigenvalue weighted by Gasteiger charge is -2.28. The molecular weight excluding hydrogens is 677 g/mol. The largest absolute Gasteiger partial charge is 0.310 e. The summed E-state index contributed by atoms with van der Waals surface area (Å²) in [7, 11) is 0. The van der Waals surface area contributed by atoms with Gasteiger partial charge in [0.15, 0.2) is 0 Å². The zero-order valence-electron chi connectivity index (χ0n) is 30.8. The SMILES string of the molecule is c1ccc(-c2ccc(-c3ccc(N(c4ccc(-c5ccc6c(c5)c5ccccc5n6-c5ccccc5)cc4)c4ccccc4-c4ccccc4)cc3)cc2)cc1. The smallest absolute Gasteiger partial charge is 0.0541 e. The Kier molecular flexibility index (Phi) is 8.55. The van der Waals surface area contributed by atoms with Crippen LogP contribution in [0.25, 0.3) is 72.0 Å². The molecule has 1 aromatic heterocycles. The molecule has 0 radical (unpaired) electrons. The minimum atomic E-state index is 1.10. The molecule has 10 aromatic rings. The summed E-state index contributed by atoms with van der Waals surface area (Å²) in [6.45, 7) is 0. The Bertz CT molecular complexity index is 2910. The Morgan fingerprint density at radius 2 is 0.714 bits per heavy atom. The molecule has 0 fully saturated rings. The molecule has 56 heavy (non-hydrogen) atoms. The zero-order chi connectivity index (χ0) is 37.3. The first kappa shape index (κ1) is 33.2. The summed E-state index contributed by atoms with van der Waals surface area (Å²) in [5.74, 6) is 0. The average molecular weight is 715 g/mol. The predicted octanol–water partition coefficient (Wildman–Crippen LogP) is 14.9. The van der Waals surface area contributed by atoms with Gasteiger partial charge in [-0.3, -0.25) is 0 Å². The van der Waals surface area contributed by atoms with E-state index < -0.39 is 0 Å². The van der Waals surface area contributed by atoms with Crippen molar-refractivity contribution < 1.29 is 0 Å². The Hall–Kier alpha value is -7.42. The van der Waals surface area contributed by atoms with Gasteiger partial charge in [0.05, 0.1) is 16.7 Å². The van der Waals surface area contributed by atoms with Gasteiger partial charge >= 0.3 is 0 Å². The number of rotatable bonds is 8. The minimum absolute atomic E-state index is 1.10. The van der Waals surface area contributed by atoms with E-state index in [1.54, 1.807) is 0 Å². The van der Waals surface area contributed by atoms with Crippen molar-refractivity contribution in [1.82, 2.24) is 4.57 Å². The van der Waals surface area contributed by atoms with Gasteiger partial charge in [0.2, 0.25) is 0 Å². The summed E-state index contributed by atoms with van der Waals surface area (Å²) >= 11 is 0. The van der Waals surface area contributed by atoms with Crippen LogP contribution in [0.15, 0.2) is 231 Å². The Morgan fingerprint density at radius 1 is 0.286 bits per heavy atom. The van der Waals surface area contributed by atoms with E-state index in [-0.39, 0.29) is 0 Å². The van der Waals surface area contributed by atoms with E-state index >= 15 is 0 Å². The van der Waals surface area contributed by atoms with Crippen LogP contribution >= 0.6 is 0 Å². The van der Waals surface area contributed by atoms with Gasteiger partial charge in [-0.25, -0.2) is 0 Å². The molecule has 0 saturated heterocycles. The lowest BCUT2D eigenvalue weighted by molar-refractivity contribution is 1.18. The van der Waals surface area contributed by atoms with Crippen LogP contribution in [-0.2, 0) is 0 Å². The van der Waals surface area contributed by atoms with E-state index in [0.29, 0.717) is 0 Å². The molecule has 0 amide bonds. The van der Waals surface area contributed by atoms with Gasteiger partial charge in [-0.1, -0.05) is 170 Å². The van der Waals surface area contributed by atoms with Gasteiger partial charge in [-0.15, -0.1) is 0 Å². The Morgan fingerprint density at radius 3 is 1.34 bits per heavy atom. The molecule has 0 aliphatic carbocycles. The fourth-order valence-corrected chi connectivity index (χ4v) is 8.06. The summed E-state index contributed by atoms with van der Waals surface area (Å²) in [5.41, 5.74) is 16.5. The van der Waals surface area contributed by atoms with Crippen molar-refractivity contribution in [1.29, 1.82) is 0 Å². The fourth-order valence-electron chi connectivity index (χ4n) is 8.06. The van der Waals surface area contributed by atoms with Crippen LogP contribution in [0.3, 0.4) is 0 Å². The number of benzene rings is 9. The van der Waals surface area contributed by atoms with E-state index in [1.807, 2.05) is 0 Å². The monoisotopic (exact) mass is 714 g/mol. The van der Waals surface area contributed by atoms with Crippen LogP contribution in [0.1, 0.15) is 0 Å². The predicted molar refractivity (Wildman–Crippen MR) is 237 cm³/mol. The number of anilines is 3. The van der Waals surface area contributed by atoms with Crippen molar-refractivity contribution in [2.75, 3.05) is 4.90 Å². The molecule has 0 N–H and O–H groups in total. The first-order valence-corrected chi connectivity index (χ1v) is 19.2. The standard InChI is InChI=1S/C54H38N2/c1-4-14-39(15-5-1)40-24-26-41(27-25-40)42-28-33-47(34-29-42)55(52-22-12-10-20-49(52)44-16-6-2-7-17-44)48-35-30-43(31-36-48)45-32-37-54-51(38-45)50-21-11-13-23-53(50)56(54)46-18-8-3-9-19-46/h1-38H. The van der Waals surface area contributed by atoms with Crippen molar-refractivity contribution in [3.63, 3.8) is 0 Å². The second kappa shape index (κ2) is 14.4. The van der Waals surface area contributed by atoms with Crippen LogP contribution in [-0.4, -0.2) is 4.57 Å². The first-order valence-electron chi connectivity index (χ1n) is 19.2. The normalized spacial score (nSPS) is 11.2. The summed E-state index contributed by atoms with van der Waals surface area (Å²) in [5, 5.41) is 2.50. The third-order valence-electron chi connectivity index (χ3n) is 10.8. The number of hydrogen-bond acceptors (Lipinski definition) is 1. The highest BCUT2D eigenvalue weighted by atomic mass is 15.1. The van der Waals surface area contributed by atoms with Crippen LogP contribution in [0.5, 0.6) is 0 Å². The quantitative estimate of drug-likeness (QED) is 0.152. The first-order chi connectivity index (χ1) is 27.8. The number of nitrogens with zero attached hydrogens (tertiary/aromatic N) is 2. The number of para-hydroxylation sites is 3. The molecule has 0 spiro atoms. The molecule has 0 atom stereocenters. The minimum Gasteiger partial charge on any atom is -0.310 e. The summed E-state index contributed by atoms with van der Waals surface area (Å²) in [4.78, 5) is 2.38. The summed E-state index contributed by atoms with van der Waals surface area (Å²) in [6, 6.07) is 83.0. The van der Waals surface area contributed by atoms with Crippen molar-refractivity contribution >= 4 is 38.9 Å². The number of fused-ring (bicyclic) bond motifs is 3. The molecule has 0 bridgehead atoms. The van der Waals surface area contributed by atoms with Crippen LogP contribution in [0, 0.1) is 0 Å². The molecule has 0 unspecified atom stereocenters. The second-order valence-electron chi connectivity index (χ2n) is 14.2. The lowest BCUT2D eigenvalue weighted by atomic mass is 9.99. The number of aromatic nitrogens is 1. The van der Waals surface area contributed by atoms with Crippen molar-refractivity contribution in [2.45, 2.75) is 0 Å². The maximum atomic E-state index is 2.38. The van der Waals surface area contributed by atoms with E-state index in [2.05, 4.69) is 240 Å². The van der Waals surface area contributed by atoms with Gasteiger partial charge < -0.3 is 9.47 Å². The molecule has 264 valence electrons.